The van der Waals surface area contributed by atoms with Crippen molar-refractivity contribution < 1.29 is 14.7 Å². The van der Waals surface area contributed by atoms with Crippen molar-refractivity contribution in [3.05, 3.63) is 94.5 Å². The maximum atomic E-state index is 12.6. The molecule has 0 amide bonds. The van der Waals surface area contributed by atoms with Crippen LogP contribution in [0, 0.1) is 0 Å². The van der Waals surface area contributed by atoms with Crippen LogP contribution in [0.25, 0.3) is 22.2 Å². The Hall–Kier alpha value is -3.37. The van der Waals surface area contributed by atoms with E-state index in [2.05, 4.69) is 4.98 Å². The Morgan fingerprint density at radius 3 is 2.25 bits per heavy atom. The monoisotopic (exact) mass is 389 g/mol. The third-order valence-electron chi connectivity index (χ3n) is 4.67. The lowest BCUT2D eigenvalue weighted by atomic mass is 9.99. The molecule has 0 fully saturated rings. The van der Waals surface area contributed by atoms with Crippen molar-refractivity contribution in [2.24, 2.45) is 0 Å². The first-order valence-electron chi connectivity index (χ1n) is 8.75. The summed E-state index contributed by atoms with van der Waals surface area (Å²) in [5, 5.41) is 10.7. The summed E-state index contributed by atoms with van der Waals surface area (Å²) in [5.74, 6) is -0.964. The number of H-pyrrole nitrogens is 1. The van der Waals surface area contributed by atoms with Gasteiger partial charge in [-0.3, -0.25) is 9.59 Å². The van der Waals surface area contributed by atoms with Crippen molar-refractivity contribution in [2.75, 3.05) is 0 Å². The average molecular weight is 390 g/mol. The number of aliphatic carboxylic acids is 1. The Morgan fingerprint density at radius 2 is 1.57 bits per heavy atom. The Labute approximate surface area is 166 Å². The van der Waals surface area contributed by atoms with Crippen LogP contribution in [0.15, 0.2) is 72.8 Å². The summed E-state index contributed by atoms with van der Waals surface area (Å²) in [6.45, 7) is 0. The zero-order valence-electron chi connectivity index (χ0n) is 14.8. The van der Waals surface area contributed by atoms with Crippen molar-refractivity contribution in [3.63, 3.8) is 0 Å². The molecule has 0 unspecified atom stereocenters. The van der Waals surface area contributed by atoms with Gasteiger partial charge in [-0.2, -0.15) is 0 Å². The Kier molecular flexibility index (Phi) is 4.72. The van der Waals surface area contributed by atoms with Crippen LogP contribution >= 0.6 is 11.6 Å². The van der Waals surface area contributed by atoms with Crippen LogP contribution in [-0.2, 0) is 11.2 Å². The fraction of sp³-hybridized carbons (Fsp3) is 0.0435. The molecule has 1 aromatic heterocycles. The molecule has 3 aromatic carbocycles. The topological polar surface area (TPSA) is 70.2 Å². The van der Waals surface area contributed by atoms with E-state index in [9.17, 15) is 14.7 Å². The van der Waals surface area contributed by atoms with Crippen LogP contribution in [0.4, 0.5) is 0 Å². The second kappa shape index (κ2) is 7.33. The van der Waals surface area contributed by atoms with E-state index in [1.807, 2.05) is 36.4 Å². The maximum absolute atomic E-state index is 12.6. The van der Waals surface area contributed by atoms with Gasteiger partial charge in [0.15, 0.2) is 5.78 Å². The lowest BCUT2D eigenvalue weighted by Crippen LogP contribution is -2.02. The zero-order chi connectivity index (χ0) is 19.7. The van der Waals surface area contributed by atoms with Crippen molar-refractivity contribution in [1.82, 2.24) is 4.98 Å². The van der Waals surface area contributed by atoms with Crippen LogP contribution < -0.4 is 0 Å². The number of nitrogens with one attached hydrogen (secondary N) is 1. The molecule has 0 saturated heterocycles. The van der Waals surface area contributed by atoms with Gasteiger partial charge in [0.2, 0.25) is 0 Å². The highest BCUT2D eigenvalue weighted by atomic mass is 35.5. The van der Waals surface area contributed by atoms with Crippen LogP contribution in [0.5, 0.6) is 0 Å². The maximum Gasteiger partial charge on any atom is 0.307 e. The first kappa shape index (κ1) is 18.0. The molecule has 4 rings (SSSR count). The van der Waals surface area contributed by atoms with Crippen molar-refractivity contribution in [1.29, 1.82) is 0 Å². The number of aromatic nitrogens is 1. The van der Waals surface area contributed by atoms with E-state index in [0.29, 0.717) is 21.7 Å². The molecule has 5 heteroatoms. The summed E-state index contributed by atoms with van der Waals surface area (Å²) in [5.41, 5.74) is 4.21. The zero-order valence-corrected chi connectivity index (χ0v) is 15.5. The summed E-state index contributed by atoms with van der Waals surface area (Å²) in [6.07, 6.45) is -0.109. The predicted molar refractivity (Wildman–Crippen MR) is 110 cm³/mol. The van der Waals surface area contributed by atoms with Crippen molar-refractivity contribution in [2.45, 2.75) is 6.42 Å². The molecule has 28 heavy (non-hydrogen) atoms. The number of benzene rings is 3. The number of halogens is 1. The first-order chi connectivity index (χ1) is 13.5. The van der Waals surface area contributed by atoms with Gasteiger partial charge in [0.05, 0.1) is 12.1 Å². The lowest BCUT2D eigenvalue weighted by molar-refractivity contribution is -0.136. The van der Waals surface area contributed by atoms with E-state index < -0.39 is 5.97 Å². The number of hydrogen-bond donors (Lipinski definition) is 2. The summed E-state index contributed by atoms with van der Waals surface area (Å²) in [4.78, 5) is 27.2. The van der Waals surface area contributed by atoms with Gasteiger partial charge in [-0.15, -0.1) is 0 Å². The number of hydrogen-bond acceptors (Lipinski definition) is 2. The number of ketones is 1. The largest absolute Gasteiger partial charge is 0.481 e. The molecule has 0 aliphatic heterocycles. The molecular formula is C23H16ClNO3. The van der Waals surface area contributed by atoms with Gasteiger partial charge in [-0.05, 0) is 23.3 Å². The normalized spacial score (nSPS) is 10.9. The fourth-order valence-electron chi connectivity index (χ4n) is 3.35. The van der Waals surface area contributed by atoms with E-state index in [0.717, 1.165) is 22.2 Å². The number of carboxylic acid groups (broad SMARTS) is 1. The SMILES string of the molecule is O=C(O)Cc1c(-c2ccc(C(=O)c3ccccc3)cc2)[nH]c2cc(Cl)ccc12. The van der Waals surface area contributed by atoms with Crippen LogP contribution in [-0.4, -0.2) is 21.8 Å². The highest BCUT2D eigenvalue weighted by Crippen LogP contribution is 2.32. The predicted octanol–water partition coefficient (Wildman–Crippen LogP) is 5.35. The molecule has 0 bridgehead atoms. The van der Waals surface area contributed by atoms with E-state index >= 15 is 0 Å². The van der Waals surface area contributed by atoms with Gasteiger partial charge in [-0.25, -0.2) is 0 Å². The van der Waals surface area contributed by atoms with Gasteiger partial charge in [0.1, 0.15) is 0 Å². The summed E-state index contributed by atoms with van der Waals surface area (Å²) in [7, 11) is 0. The van der Waals surface area contributed by atoms with E-state index in [-0.39, 0.29) is 12.2 Å². The van der Waals surface area contributed by atoms with Crippen LogP contribution in [0.2, 0.25) is 5.02 Å². The fourth-order valence-corrected chi connectivity index (χ4v) is 3.53. The average Bonchev–Trinajstić information content (AvgIpc) is 3.05. The molecule has 2 N–H and O–H groups in total. The highest BCUT2D eigenvalue weighted by Gasteiger charge is 2.17. The summed E-state index contributed by atoms with van der Waals surface area (Å²) >= 11 is 6.07. The minimum atomic E-state index is -0.909. The molecular weight excluding hydrogens is 374 g/mol. The van der Waals surface area contributed by atoms with Gasteiger partial charge in [-0.1, -0.05) is 72.3 Å². The van der Waals surface area contributed by atoms with E-state index in [4.69, 9.17) is 11.6 Å². The van der Waals surface area contributed by atoms with Crippen molar-refractivity contribution in [3.8, 4) is 11.3 Å². The number of carboxylic acids is 1. The molecule has 138 valence electrons. The standard InChI is InChI=1S/C23H16ClNO3/c24-17-10-11-18-19(13-21(26)27)22(25-20(18)12-17)14-6-8-16(9-7-14)23(28)15-4-2-1-3-5-15/h1-12,25H,13H2,(H,26,27). The number of carbonyl (C=O) groups is 2. The van der Waals surface area contributed by atoms with Crippen LogP contribution in [0.1, 0.15) is 21.5 Å². The molecule has 4 nitrogen and oxygen atoms in total. The molecule has 1 heterocycles. The van der Waals surface area contributed by atoms with Crippen LogP contribution in [0.3, 0.4) is 0 Å². The summed E-state index contributed by atoms with van der Waals surface area (Å²) < 4.78 is 0. The van der Waals surface area contributed by atoms with Gasteiger partial charge in [0, 0.05) is 27.1 Å². The molecule has 4 aromatic rings. The van der Waals surface area contributed by atoms with E-state index in [1.165, 1.54) is 0 Å². The highest BCUT2D eigenvalue weighted by molar-refractivity contribution is 6.31. The smallest absolute Gasteiger partial charge is 0.307 e. The Bertz CT molecular complexity index is 1180. The Morgan fingerprint density at radius 1 is 0.893 bits per heavy atom. The molecule has 0 aliphatic rings. The quantitative estimate of drug-likeness (QED) is 0.452. The lowest BCUT2D eigenvalue weighted by Gasteiger charge is -2.05. The second-order valence-electron chi connectivity index (χ2n) is 6.51. The van der Waals surface area contributed by atoms with Crippen molar-refractivity contribution >= 4 is 34.3 Å². The minimum Gasteiger partial charge on any atom is -0.481 e. The second-order valence-corrected chi connectivity index (χ2v) is 6.95. The number of aromatic amines is 1. The molecule has 0 radical (unpaired) electrons. The van der Waals surface area contributed by atoms with Gasteiger partial charge in [0.25, 0.3) is 0 Å². The number of fused-ring (bicyclic) bond motifs is 1. The molecule has 0 atom stereocenters. The van der Waals surface area contributed by atoms with Gasteiger partial charge >= 0.3 is 5.97 Å². The molecule has 0 aliphatic carbocycles. The Balaban J connectivity index is 1.75. The number of rotatable bonds is 5. The van der Waals surface area contributed by atoms with Gasteiger partial charge < -0.3 is 10.1 Å². The van der Waals surface area contributed by atoms with E-state index in [1.54, 1.807) is 36.4 Å². The first-order valence-corrected chi connectivity index (χ1v) is 9.13. The summed E-state index contributed by atoms with van der Waals surface area (Å²) in [6, 6.07) is 21.6. The minimum absolute atomic E-state index is 0.0543. The molecule has 0 spiro atoms. The third-order valence-corrected chi connectivity index (χ3v) is 4.90. The molecule has 0 saturated carbocycles. The number of carbonyl (C=O) groups excluding carboxylic acids is 1. The third kappa shape index (κ3) is 3.42.